The van der Waals surface area contributed by atoms with Gasteiger partial charge in [0.1, 0.15) is 18.2 Å². The molecule has 0 saturated carbocycles. The van der Waals surface area contributed by atoms with Gasteiger partial charge < -0.3 is 19.5 Å². The van der Waals surface area contributed by atoms with E-state index >= 15 is 0 Å². The van der Waals surface area contributed by atoms with Gasteiger partial charge in [-0.15, -0.1) is 24.0 Å². The molecular formula is C25H28IN5O2. The molecule has 0 aliphatic carbocycles. The van der Waals surface area contributed by atoms with E-state index in [0.29, 0.717) is 30.8 Å². The highest BCUT2D eigenvalue weighted by Crippen LogP contribution is 2.20. The van der Waals surface area contributed by atoms with Crippen LogP contribution >= 0.6 is 24.0 Å². The van der Waals surface area contributed by atoms with E-state index in [-0.39, 0.29) is 24.0 Å². The third-order valence-corrected chi connectivity index (χ3v) is 4.88. The van der Waals surface area contributed by atoms with Crippen molar-refractivity contribution < 1.29 is 8.83 Å². The van der Waals surface area contributed by atoms with Crippen molar-refractivity contribution in [3.63, 3.8) is 0 Å². The number of guanidine groups is 1. The van der Waals surface area contributed by atoms with Crippen molar-refractivity contribution in [2.24, 2.45) is 4.99 Å². The molecule has 0 aliphatic rings. The molecule has 0 aliphatic heterocycles. The molecule has 2 N–H and O–H groups in total. The van der Waals surface area contributed by atoms with Crippen LogP contribution in [0.25, 0.3) is 22.9 Å². The smallest absolute Gasteiger partial charge is 0.226 e. The first-order chi connectivity index (χ1) is 15.6. The number of rotatable bonds is 7. The van der Waals surface area contributed by atoms with Crippen LogP contribution in [-0.2, 0) is 13.1 Å². The quantitative estimate of drug-likeness (QED) is 0.178. The minimum absolute atomic E-state index is 0. The van der Waals surface area contributed by atoms with Gasteiger partial charge in [-0.3, -0.25) is 0 Å². The number of benzene rings is 2. The van der Waals surface area contributed by atoms with Gasteiger partial charge in [-0.05, 0) is 45.0 Å². The Balaban J connectivity index is 0.00000306. The maximum atomic E-state index is 5.63. The Morgan fingerprint density at radius 1 is 0.788 bits per heavy atom. The molecule has 2 aromatic carbocycles. The van der Waals surface area contributed by atoms with Crippen LogP contribution in [0.2, 0.25) is 0 Å². The first kappa shape index (κ1) is 24.5. The Morgan fingerprint density at radius 3 is 1.85 bits per heavy atom. The van der Waals surface area contributed by atoms with Gasteiger partial charge in [0, 0.05) is 17.7 Å². The molecule has 0 atom stereocenters. The van der Waals surface area contributed by atoms with Gasteiger partial charge in [0.2, 0.25) is 11.8 Å². The van der Waals surface area contributed by atoms with E-state index in [1.54, 1.807) is 12.5 Å². The first-order valence-corrected chi connectivity index (χ1v) is 10.7. The Morgan fingerprint density at radius 2 is 1.30 bits per heavy atom. The summed E-state index contributed by atoms with van der Waals surface area (Å²) in [4.78, 5) is 13.7. The van der Waals surface area contributed by atoms with Gasteiger partial charge in [-0.25, -0.2) is 15.0 Å². The van der Waals surface area contributed by atoms with Crippen LogP contribution in [0.15, 0.2) is 74.9 Å². The molecule has 0 bridgehead atoms. The topological polar surface area (TPSA) is 88.5 Å². The summed E-state index contributed by atoms with van der Waals surface area (Å²) < 4.78 is 11.3. The molecule has 2 heterocycles. The second kappa shape index (κ2) is 11.6. The van der Waals surface area contributed by atoms with Crippen molar-refractivity contribution >= 4 is 29.9 Å². The van der Waals surface area contributed by atoms with Crippen molar-refractivity contribution in [3.8, 4) is 22.9 Å². The zero-order chi connectivity index (χ0) is 22.3. The van der Waals surface area contributed by atoms with Crippen LogP contribution in [0.4, 0.5) is 0 Å². The number of oxazole rings is 2. The summed E-state index contributed by atoms with van der Waals surface area (Å²) in [6, 6.07) is 16.2. The number of aromatic nitrogens is 2. The van der Waals surface area contributed by atoms with Gasteiger partial charge in [0.25, 0.3) is 0 Å². The molecule has 4 aromatic rings. The Labute approximate surface area is 210 Å². The number of nitrogens with zero attached hydrogens (tertiary/aromatic N) is 3. The normalized spacial score (nSPS) is 11.2. The van der Waals surface area contributed by atoms with E-state index < -0.39 is 0 Å². The van der Waals surface area contributed by atoms with Gasteiger partial charge in [0.15, 0.2) is 5.96 Å². The van der Waals surface area contributed by atoms with E-state index in [4.69, 9.17) is 8.83 Å². The highest BCUT2D eigenvalue weighted by molar-refractivity contribution is 14.0. The minimum Gasteiger partial charge on any atom is -0.444 e. The summed E-state index contributed by atoms with van der Waals surface area (Å²) >= 11 is 0. The standard InChI is InChI=1S/C25H27N5O2.HI/c1-4-26-25(27-13-21-15-31-23(29-21)19-9-5-17(2)6-10-19)28-14-22-16-32-24(30-22)20-11-7-18(3)8-12-20;/h5-12,15-16H,4,13-14H2,1-3H3,(H2,26,27,28);1H. The van der Waals surface area contributed by atoms with Crippen molar-refractivity contribution in [2.45, 2.75) is 33.9 Å². The van der Waals surface area contributed by atoms with Crippen molar-refractivity contribution in [2.75, 3.05) is 6.54 Å². The number of hydrogen-bond donors (Lipinski definition) is 2. The lowest BCUT2D eigenvalue weighted by Gasteiger charge is -2.09. The van der Waals surface area contributed by atoms with Crippen LogP contribution in [0.5, 0.6) is 0 Å². The summed E-state index contributed by atoms with van der Waals surface area (Å²) in [7, 11) is 0. The molecule has 0 amide bonds. The van der Waals surface area contributed by atoms with Gasteiger partial charge in [0.05, 0.1) is 18.8 Å². The van der Waals surface area contributed by atoms with E-state index in [2.05, 4.69) is 39.4 Å². The lowest BCUT2D eigenvalue weighted by molar-refractivity contribution is 0.572. The zero-order valence-corrected chi connectivity index (χ0v) is 21.3. The fraction of sp³-hybridized carbons (Fsp3) is 0.240. The van der Waals surface area contributed by atoms with E-state index in [1.807, 2.05) is 55.5 Å². The number of aryl methyl sites for hydroxylation is 2. The molecule has 7 nitrogen and oxygen atoms in total. The maximum Gasteiger partial charge on any atom is 0.226 e. The largest absolute Gasteiger partial charge is 0.444 e. The zero-order valence-electron chi connectivity index (χ0n) is 19.0. The van der Waals surface area contributed by atoms with Gasteiger partial charge in [-0.1, -0.05) is 35.4 Å². The van der Waals surface area contributed by atoms with E-state index in [9.17, 15) is 0 Å². The Bertz CT molecular complexity index is 1180. The van der Waals surface area contributed by atoms with Crippen molar-refractivity contribution in [1.29, 1.82) is 0 Å². The predicted molar refractivity (Wildman–Crippen MR) is 140 cm³/mol. The third kappa shape index (κ3) is 6.67. The minimum atomic E-state index is 0. The second-order valence-corrected chi connectivity index (χ2v) is 7.57. The highest BCUT2D eigenvalue weighted by Gasteiger charge is 2.09. The molecule has 4 rings (SSSR count). The Kier molecular flexibility index (Phi) is 8.65. The van der Waals surface area contributed by atoms with Gasteiger partial charge in [-0.2, -0.15) is 0 Å². The van der Waals surface area contributed by atoms with E-state index in [1.165, 1.54) is 11.1 Å². The molecule has 0 radical (unpaired) electrons. The second-order valence-electron chi connectivity index (χ2n) is 7.57. The van der Waals surface area contributed by atoms with Crippen LogP contribution in [-0.4, -0.2) is 22.5 Å². The summed E-state index contributed by atoms with van der Waals surface area (Å²) in [5, 5.41) is 6.52. The number of nitrogens with one attached hydrogen (secondary N) is 2. The average Bonchev–Trinajstić information content (AvgIpc) is 3.47. The fourth-order valence-electron chi connectivity index (χ4n) is 3.10. The van der Waals surface area contributed by atoms with Crippen LogP contribution in [0, 0.1) is 13.8 Å². The maximum absolute atomic E-state index is 5.63. The number of aliphatic imine (C=N–C) groups is 1. The molecule has 33 heavy (non-hydrogen) atoms. The van der Waals surface area contributed by atoms with E-state index in [0.717, 1.165) is 29.1 Å². The molecular weight excluding hydrogens is 529 g/mol. The molecule has 172 valence electrons. The van der Waals surface area contributed by atoms with Crippen LogP contribution in [0.3, 0.4) is 0 Å². The number of halogens is 1. The van der Waals surface area contributed by atoms with Crippen molar-refractivity contribution in [1.82, 2.24) is 20.6 Å². The molecule has 0 fully saturated rings. The fourth-order valence-corrected chi connectivity index (χ4v) is 3.10. The van der Waals surface area contributed by atoms with Crippen molar-refractivity contribution in [3.05, 3.63) is 83.6 Å². The molecule has 0 spiro atoms. The summed E-state index contributed by atoms with van der Waals surface area (Å²) in [6.45, 7) is 7.77. The SMILES string of the molecule is CCNC(=NCc1coc(-c2ccc(C)cc2)n1)NCc1coc(-c2ccc(C)cc2)n1.I. The van der Waals surface area contributed by atoms with Crippen LogP contribution < -0.4 is 10.6 Å². The highest BCUT2D eigenvalue weighted by atomic mass is 127. The first-order valence-electron chi connectivity index (χ1n) is 10.7. The van der Waals surface area contributed by atoms with Gasteiger partial charge >= 0.3 is 0 Å². The third-order valence-electron chi connectivity index (χ3n) is 4.88. The Hall–Kier alpha value is -3.14. The number of hydrogen-bond acceptors (Lipinski definition) is 5. The summed E-state index contributed by atoms with van der Waals surface area (Å²) in [5.74, 6) is 1.88. The lowest BCUT2D eigenvalue weighted by atomic mass is 10.1. The predicted octanol–water partition coefficient (Wildman–Crippen LogP) is 5.49. The summed E-state index contributed by atoms with van der Waals surface area (Å²) in [6.07, 6.45) is 3.31. The average molecular weight is 557 g/mol. The molecule has 0 unspecified atom stereocenters. The molecule has 8 heteroatoms. The lowest BCUT2D eigenvalue weighted by Crippen LogP contribution is -2.36. The molecule has 0 saturated heterocycles. The molecule has 2 aromatic heterocycles. The summed E-state index contributed by atoms with van der Waals surface area (Å²) in [5.41, 5.74) is 5.87. The monoisotopic (exact) mass is 557 g/mol. The van der Waals surface area contributed by atoms with Crippen LogP contribution in [0.1, 0.15) is 29.4 Å².